The number of benzene rings is 2. The number of anilines is 1. The van der Waals surface area contributed by atoms with Crippen molar-refractivity contribution < 1.29 is 19.1 Å². The van der Waals surface area contributed by atoms with E-state index in [9.17, 15) is 19.2 Å². The van der Waals surface area contributed by atoms with E-state index < -0.39 is 41.8 Å². The molecule has 0 aliphatic carbocycles. The first kappa shape index (κ1) is 22.8. The zero-order valence-corrected chi connectivity index (χ0v) is 17.9. The van der Waals surface area contributed by atoms with Gasteiger partial charge in [-0.25, -0.2) is 9.59 Å². The van der Waals surface area contributed by atoms with E-state index in [-0.39, 0.29) is 18.1 Å². The third-order valence-corrected chi connectivity index (χ3v) is 4.90. The highest BCUT2D eigenvalue weighted by Gasteiger charge is 2.23. The second-order valence-electron chi connectivity index (χ2n) is 6.78. The average molecular weight is 458 g/mol. The van der Waals surface area contributed by atoms with E-state index in [0.29, 0.717) is 5.02 Å². The third-order valence-electron chi connectivity index (χ3n) is 4.59. The fourth-order valence-electron chi connectivity index (χ4n) is 2.92. The van der Waals surface area contributed by atoms with Gasteiger partial charge in [-0.1, -0.05) is 54.1 Å². The van der Waals surface area contributed by atoms with Crippen molar-refractivity contribution in [3.8, 4) is 5.75 Å². The van der Waals surface area contributed by atoms with Crippen LogP contribution in [0, 0.1) is 0 Å². The molecule has 0 spiro atoms. The molecule has 3 aromatic rings. The Labute approximate surface area is 187 Å². The first-order valence-corrected chi connectivity index (χ1v) is 9.86. The molecular weight excluding hydrogens is 438 g/mol. The topological polar surface area (TPSA) is 123 Å². The van der Waals surface area contributed by atoms with Crippen LogP contribution in [0.25, 0.3) is 0 Å². The lowest BCUT2D eigenvalue weighted by Crippen LogP contribution is -2.43. The van der Waals surface area contributed by atoms with Crippen LogP contribution in [0.5, 0.6) is 5.75 Å². The molecule has 0 saturated carbocycles. The predicted octanol–water partition coefficient (Wildman–Crippen LogP) is 1.64. The number of esters is 1. The summed E-state index contributed by atoms with van der Waals surface area (Å²) < 4.78 is 12.1. The normalized spacial score (nSPS) is 10.6. The molecule has 0 saturated heterocycles. The number of hydrogen-bond donors (Lipinski definition) is 1. The first-order chi connectivity index (χ1) is 15.3. The van der Waals surface area contributed by atoms with Crippen molar-refractivity contribution in [1.82, 2.24) is 9.13 Å². The number of ether oxygens (including phenoxy) is 2. The maximum absolute atomic E-state index is 12.6. The van der Waals surface area contributed by atoms with Gasteiger partial charge in [0.25, 0.3) is 5.56 Å². The van der Waals surface area contributed by atoms with E-state index >= 15 is 0 Å². The number of hydrogen-bond acceptors (Lipinski definition) is 7. The van der Waals surface area contributed by atoms with Crippen molar-refractivity contribution in [3.05, 3.63) is 91.6 Å². The summed E-state index contributed by atoms with van der Waals surface area (Å²) in [5.41, 5.74) is 4.79. The Balaban J connectivity index is 1.74. The Kier molecular flexibility index (Phi) is 7.11. The maximum atomic E-state index is 12.6. The molecular formula is C22H20ClN3O6. The number of carbonyl (C=O) groups is 2. The lowest BCUT2D eigenvalue weighted by atomic mass is 10.2. The minimum Gasteiger partial charge on any atom is -0.480 e. The van der Waals surface area contributed by atoms with Crippen LogP contribution in [0.4, 0.5) is 5.82 Å². The summed E-state index contributed by atoms with van der Waals surface area (Å²) in [6, 6.07) is 15.5. The van der Waals surface area contributed by atoms with Gasteiger partial charge in [0.05, 0.1) is 11.6 Å². The van der Waals surface area contributed by atoms with Crippen LogP contribution in [-0.2, 0) is 23.1 Å². The number of halogens is 1. The van der Waals surface area contributed by atoms with Crippen molar-refractivity contribution in [2.24, 2.45) is 7.05 Å². The maximum Gasteiger partial charge on any atom is 0.344 e. The van der Waals surface area contributed by atoms with Gasteiger partial charge in [0.15, 0.2) is 13.2 Å². The molecule has 32 heavy (non-hydrogen) atoms. The first-order valence-electron chi connectivity index (χ1n) is 9.49. The van der Waals surface area contributed by atoms with Crippen molar-refractivity contribution in [1.29, 1.82) is 0 Å². The minimum absolute atomic E-state index is 0.0609. The molecule has 166 valence electrons. The van der Waals surface area contributed by atoms with E-state index in [2.05, 4.69) is 0 Å². The Hall–Kier alpha value is -3.85. The number of nitrogens with two attached hydrogens (primary N) is 1. The number of ketones is 1. The minimum atomic E-state index is -0.870. The van der Waals surface area contributed by atoms with E-state index in [4.69, 9.17) is 26.8 Å². The third kappa shape index (κ3) is 5.06. The highest BCUT2D eigenvalue weighted by Crippen LogP contribution is 2.22. The largest absolute Gasteiger partial charge is 0.480 e. The van der Waals surface area contributed by atoms with Gasteiger partial charge >= 0.3 is 11.7 Å². The molecule has 10 heteroatoms. The van der Waals surface area contributed by atoms with Crippen molar-refractivity contribution in [3.63, 3.8) is 0 Å². The quantitative estimate of drug-likeness (QED) is 0.403. The summed E-state index contributed by atoms with van der Waals surface area (Å²) in [7, 11) is 1.24. The zero-order valence-electron chi connectivity index (χ0n) is 17.1. The highest BCUT2D eigenvalue weighted by molar-refractivity contribution is 6.32. The number of para-hydroxylation sites is 1. The number of carbonyl (C=O) groups excluding carboxylic acids is 2. The van der Waals surface area contributed by atoms with Crippen LogP contribution >= 0.6 is 11.6 Å². The van der Waals surface area contributed by atoms with Crippen LogP contribution in [-0.4, -0.2) is 34.1 Å². The van der Waals surface area contributed by atoms with Gasteiger partial charge in [0.2, 0.25) is 5.78 Å². The van der Waals surface area contributed by atoms with Gasteiger partial charge < -0.3 is 15.2 Å². The molecule has 0 aliphatic rings. The highest BCUT2D eigenvalue weighted by atomic mass is 35.5. The van der Waals surface area contributed by atoms with Gasteiger partial charge in [-0.2, -0.15) is 0 Å². The lowest BCUT2D eigenvalue weighted by Gasteiger charge is -2.15. The standard InChI is InChI=1S/C22H20ClN3O6/c1-25-21(29)19(20(24)26(22(25)30)11-14-7-3-2-4-8-14)16(27)12-32-18(28)13-31-17-10-6-5-9-15(17)23/h2-10H,11-13,24H2,1H3. The molecule has 9 nitrogen and oxygen atoms in total. The predicted molar refractivity (Wildman–Crippen MR) is 118 cm³/mol. The molecule has 0 atom stereocenters. The van der Waals surface area contributed by atoms with Gasteiger partial charge in [0.1, 0.15) is 17.1 Å². The smallest absolute Gasteiger partial charge is 0.344 e. The van der Waals surface area contributed by atoms with Gasteiger partial charge in [-0.3, -0.25) is 18.7 Å². The molecule has 0 fully saturated rings. The van der Waals surface area contributed by atoms with Crippen LogP contribution < -0.4 is 21.7 Å². The molecule has 0 bridgehead atoms. The van der Waals surface area contributed by atoms with Crippen LogP contribution in [0.3, 0.4) is 0 Å². The van der Waals surface area contributed by atoms with Crippen molar-refractivity contribution in [2.45, 2.75) is 6.54 Å². The van der Waals surface area contributed by atoms with E-state index in [1.165, 1.54) is 7.05 Å². The summed E-state index contributed by atoms with van der Waals surface area (Å²) in [6.07, 6.45) is 0. The zero-order chi connectivity index (χ0) is 23.3. The summed E-state index contributed by atoms with van der Waals surface area (Å²) in [5, 5.41) is 0.313. The fourth-order valence-corrected chi connectivity index (χ4v) is 3.11. The van der Waals surface area contributed by atoms with Crippen LogP contribution in [0.1, 0.15) is 15.9 Å². The van der Waals surface area contributed by atoms with E-state index in [0.717, 1.165) is 14.7 Å². The van der Waals surface area contributed by atoms with Crippen LogP contribution in [0.15, 0.2) is 64.2 Å². The molecule has 1 heterocycles. The molecule has 0 radical (unpaired) electrons. The van der Waals surface area contributed by atoms with Gasteiger partial charge in [-0.05, 0) is 17.7 Å². The summed E-state index contributed by atoms with van der Waals surface area (Å²) in [5.74, 6) is -1.69. The summed E-state index contributed by atoms with van der Waals surface area (Å²) in [4.78, 5) is 49.6. The number of rotatable bonds is 8. The Morgan fingerprint density at radius 1 is 1.00 bits per heavy atom. The monoisotopic (exact) mass is 457 g/mol. The van der Waals surface area contributed by atoms with Crippen molar-refractivity contribution >= 4 is 29.2 Å². The number of aromatic nitrogens is 2. The summed E-state index contributed by atoms with van der Waals surface area (Å²) in [6.45, 7) is -1.17. The van der Waals surface area contributed by atoms with Gasteiger partial charge in [-0.15, -0.1) is 0 Å². The lowest BCUT2D eigenvalue weighted by molar-refractivity contribution is -0.144. The second kappa shape index (κ2) is 9.97. The number of Topliss-reactive ketones (excluding diaryl/α,β-unsaturated/α-hetero) is 1. The van der Waals surface area contributed by atoms with E-state index in [1.54, 1.807) is 48.5 Å². The van der Waals surface area contributed by atoms with Crippen molar-refractivity contribution in [2.75, 3.05) is 18.9 Å². The SMILES string of the molecule is Cn1c(=O)c(C(=O)COC(=O)COc2ccccc2Cl)c(N)n(Cc2ccccc2)c1=O. The molecule has 0 unspecified atom stereocenters. The average Bonchev–Trinajstić information content (AvgIpc) is 2.79. The molecule has 2 aromatic carbocycles. The Morgan fingerprint density at radius 2 is 1.66 bits per heavy atom. The molecule has 0 aliphatic heterocycles. The van der Waals surface area contributed by atoms with Gasteiger partial charge in [0, 0.05) is 7.05 Å². The molecule has 2 N–H and O–H groups in total. The molecule has 3 rings (SSSR count). The number of nitrogen functional groups attached to an aromatic ring is 1. The van der Waals surface area contributed by atoms with E-state index in [1.807, 2.05) is 6.07 Å². The molecule has 1 aromatic heterocycles. The van der Waals surface area contributed by atoms with Crippen LogP contribution in [0.2, 0.25) is 5.02 Å². The summed E-state index contributed by atoms with van der Waals surface area (Å²) >= 11 is 5.94. The second-order valence-corrected chi connectivity index (χ2v) is 7.19. The Bertz CT molecular complexity index is 1270. The fraction of sp³-hybridized carbons (Fsp3) is 0.182. The number of nitrogens with zero attached hydrogens (tertiary/aromatic N) is 2. The Morgan fingerprint density at radius 3 is 2.34 bits per heavy atom. The molecule has 0 amide bonds.